The van der Waals surface area contributed by atoms with Crippen LogP contribution in [0.1, 0.15) is 5.56 Å². The minimum absolute atomic E-state index is 0.0250. The van der Waals surface area contributed by atoms with Crippen LogP contribution in [0.2, 0.25) is 0 Å². The molecule has 0 aliphatic carbocycles. The highest BCUT2D eigenvalue weighted by molar-refractivity contribution is 6.01. The molecule has 0 saturated heterocycles. The van der Waals surface area contributed by atoms with Crippen LogP contribution >= 0.6 is 0 Å². The van der Waals surface area contributed by atoms with Crippen molar-refractivity contribution < 1.29 is 14.1 Å². The summed E-state index contributed by atoms with van der Waals surface area (Å²) in [7, 11) is 0. The number of nitro groups is 1. The van der Waals surface area contributed by atoms with Crippen LogP contribution in [-0.2, 0) is 4.79 Å². The number of carbonyl (C=O) groups is 1. The Bertz CT molecular complexity index is 696. The van der Waals surface area contributed by atoms with Gasteiger partial charge in [-0.05, 0) is 35.9 Å². The Labute approximate surface area is 119 Å². The van der Waals surface area contributed by atoms with E-state index in [4.69, 9.17) is 0 Å². The lowest BCUT2D eigenvalue weighted by Gasteiger charge is -2.02. The molecule has 2 aromatic carbocycles. The second-order valence-electron chi connectivity index (χ2n) is 4.15. The van der Waals surface area contributed by atoms with Gasteiger partial charge in [-0.2, -0.15) is 0 Å². The Morgan fingerprint density at radius 1 is 1.14 bits per heavy atom. The third kappa shape index (κ3) is 3.97. The first-order valence-corrected chi connectivity index (χ1v) is 6.04. The Morgan fingerprint density at radius 3 is 2.43 bits per heavy atom. The fraction of sp³-hybridized carbons (Fsp3) is 0. The zero-order valence-corrected chi connectivity index (χ0v) is 10.8. The molecular formula is C15H11FN2O3. The number of hydrogen-bond acceptors (Lipinski definition) is 3. The molecule has 106 valence electrons. The average molecular weight is 286 g/mol. The van der Waals surface area contributed by atoms with Crippen molar-refractivity contribution in [1.29, 1.82) is 0 Å². The summed E-state index contributed by atoms with van der Waals surface area (Å²) < 4.78 is 13.3. The Hall–Kier alpha value is -3.02. The lowest BCUT2D eigenvalue weighted by atomic mass is 10.2. The summed E-state index contributed by atoms with van der Waals surface area (Å²) in [6, 6.07) is 11.6. The van der Waals surface area contributed by atoms with Crippen molar-refractivity contribution in [1.82, 2.24) is 0 Å². The van der Waals surface area contributed by atoms with Gasteiger partial charge in [0, 0.05) is 18.2 Å². The molecule has 0 unspecified atom stereocenters. The van der Waals surface area contributed by atoms with Gasteiger partial charge in [-0.25, -0.2) is 4.39 Å². The van der Waals surface area contributed by atoms with E-state index in [9.17, 15) is 19.3 Å². The molecule has 0 saturated carbocycles. The van der Waals surface area contributed by atoms with Crippen molar-refractivity contribution in [3.63, 3.8) is 0 Å². The normalized spacial score (nSPS) is 10.5. The molecule has 0 spiro atoms. The summed E-state index contributed by atoms with van der Waals surface area (Å²) in [4.78, 5) is 21.6. The molecule has 5 nitrogen and oxygen atoms in total. The van der Waals surface area contributed by atoms with E-state index in [2.05, 4.69) is 5.32 Å². The summed E-state index contributed by atoms with van der Waals surface area (Å²) in [6.07, 6.45) is 2.72. The van der Waals surface area contributed by atoms with E-state index >= 15 is 0 Å². The summed E-state index contributed by atoms with van der Waals surface area (Å²) in [6.45, 7) is 0. The number of nitrogens with zero attached hydrogens (tertiary/aromatic N) is 1. The highest BCUT2D eigenvalue weighted by Crippen LogP contribution is 2.14. The van der Waals surface area contributed by atoms with Crippen molar-refractivity contribution >= 4 is 23.4 Å². The molecule has 2 rings (SSSR count). The fourth-order valence-corrected chi connectivity index (χ4v) is 1.62. The van der Waals surface area contributed by atoms with Crippen molar-refractivity contribution in [3.8, 4) is 0 Å². The van der Waals surface area contributed by atoms with E-state index in [1.165, 1.54) is 54.6 Å². The zero-order valence-electron chi connectivity index (χ0n) is 10.8. The lowest BCUT2D eigenvalue weighted by molar-refractivity contribution is -0.384. The molecule has 1 N–H and O–H groups in total. The van der Waals surface area contributed by atoms with Crippen molar-refractivity contribution in [2.45, 2.75) is 0 Å². The highest BCUT2D eigenvalue weighted by atomic mass is 19.1. The van der Waals surface area contributed by atoms with Crippen LogP contribution in [0.3, 0.4) is 0 Å². The first kappa shape index (κ1) is 14.4. The predicted molar refractivity (Wildman–Crippen MR) is 77.2 cm³/mol. The molecule has 0 bridgehead atoms. The van der Waals surface area contributed by atoms with Gasteiger partial charge in [-0.15, -0.1) is 0 Å². The SMILES string of the molecule is O=C(C=Cc1ccc([N+](=O)[O-])cc1)Nc1ccccc1F. The summed E-state index contributed by atoms with van der Waals surface area (Å²) in [5.74, 6) is -1.01. The number of benzene rings is 2. The van der Waals surface area contributed by atoms with Crippen LogP contribution in [0.15, 0.2) is 54.6 Å². The van der Waals surface area contributed by atoms with Crippen LogP contribution in [0, 0.1) is 15.9 Å². The number of nitrogens with one attached hydrogen (secondary N) is 1. The number of amides is 1. The first-order valence-electron chi connectivity index (χ1n) is 6.04. The van der Waals surface area contributed by atoms with Crippen LogP contribution in [-0.4, -0.2) is 10.8 Å². The van der Waals surface area contributed by atoms with E-state index < -0.39 is 16.6 Å². The molecule has 0 fully saturated rings. The van der Waals surface area contributed by atoms with E-state index in [0.717, 1.165) is 0 Å². The van der Waals surface area contributed by atoms with Crippen LogP contribution in [0.4, 0.5) is 15.8 Å². The molecule has 0 atom stereocenters. The standard InChI is InChI=1S/C15H11FN2O3/c16-13-3-1-2-4-14(13)17-15(19)10-7-11-5-8-12(9-6-11)18(20)21/h1-10H,(H,17,19). The Morgan fingerprint density at radius 2 is 1.81 bits per heavy atom. The molecule has 0 aromatic heterocycles. The number of para-hydroxylation sites is 1. The number of non-ortho nitro benzene ring substituents is 1. The number of nitro benzene ring substituents is 1. The molecule has 0 aliphatic heterocycles. The van der Waals surface area contributed by atoms with Crippen LogP contribution < -0.4 is 5.32 Å². The van der Waals surface area contributed by atoms with Gasteiger partial charge in [0.15, 0.2) is 0 Å². The maximum Gasteiger partial charge on any atom is 0.269 e. The lowest BCUT2D eigenvalue weighted by Crippen LogP contribution is -2.08. The van der Waals surface area contributed by atoms with E-state index in [1.807, 2.05) is 0 Å². The van der Waals surface area contributed by atoms with Crippen LogP contribution in [0.25, 0.3) is 6.08 Å². The summed E-state index contributed by atoms with van der Waals surface area (Å²) in [5.41, 5.74) is 0.697. The van der Waals surface area contributed by atoms with Gasteiger partial charge < -0.3 is 5.32 Å². The zero-order chi connectivity index (χ0) is 15.2. The number of rotatable bonds is 4. The molecule has 0 aliphatic rings. The van der Waals surface area contributed by atoms with E-state index in [0.29, 0.717) is 5.56 Å². The molecular weight excluding hydrogens is 275 g/mol. The fourth-order valence-electron chi connectivity index (χ4n) is 1.62. The van der Waals surface area contributed by atoms with Crippen molar-refractivity contribution in [2.24, 2.45) is 0 Å². The van der Waals surface area contributed by atoms with Gasteiger partial charge in [0.2, 0.25) is 5.91 Å². The number of anilines is 1. The number of hydrogen-bond donors (Lipinski definition) is 1. The Kier molecular flexibility index (Phi) is 4.40. The molecule has 21 heavy (non-hydrogen) atoms. The van der Waals surface area contributed by atoms with Gasteiger partial charge in [-0.3, -0.25) is 14.9 Å². The maximum atomic E-state index is 13.3. The van der Waals surface area contributed by atoms with Gasteiger partial charge in [-0.1, -0.05) is 12.1 Å². The van der Waals surface area contributed by atoms with Gasteiger partial charge in [0.1, 0.15) is 5.82 Å². The molecule has 2 aromatic rings. The predicted octanol–water partition coefficient (Wildman–Crippen LogP) is 3.39. The monoisotopic (exact) mass is 286 g/mol. The smallest absolute Gasteiger partial charge is 0.269 e. The summed E-state index contributed by atoms with van der Waals surface area (Å²) in [5, 5.41) is 12.9. The minimum atomic E-state index is -0.519. The molecule has 0 radical (unpaired) electrons. The van der Waals surface area contributed by atoms with E-state index in [1.54, 1.807) is 6.07 Å². The van der Waals surface area contributed by atoms with Gasteiger partial charge in [0.25, 0.3) is 5.69 Å². The van der Waals surface area contributed by atoms with Crippen molar-refractivity contribution in [2.75, 3.05) is 5.32 Å². The topological polar surface area (TPSA) is 72.2 Å². The largest absolute Gasteiger partial charge is 0.320 e. The average Bonchev–Trinajstić information content (AvgIpc) is 2.48. The molecule has 6 heteroatoms. The number of carbonyl (C=O) groups excluding carboxylic acids is 1. The second-order valence-corrected chi connectivity index (χ2v) is 4.15. The van der Waals surface area contributed by atoms with Gasteiger partial charge in [0.05, 0.1) is 10.6 Å². The third-order valence-corrected chi connectivity index (χ3v) is 2.66. The van der Waals surface area contributed by atoms with Gasteiger partial charge >= 0.3 is 0 Å². The van der Waals surface area contributed by atoms with Crippen molar-refractivity contribution in [3.05, 3.63) is 76.1 Å². The maximum absolute atomic E-state index is 13.3. The number of halogens is 1. The molecule has 0 heterocycles. The van der Waals surface area contributed by atoms with Crippen LogP contribution in [0.5, 0.6) is 0 Å². The molecule has 1 amide bonds. The van der Waals surface area contributed by atoms with E-state index in [-0.39, 0.29) is 11.4 Å². The second kappa shape index (κ2) is 6.42. The highest BCUT2D eigenvalue weighted by Gasteiger charge is 2.04. The quantitative estimate of drug-likeness (QED) is 0.532. The Balaban J connectivity index is 2.02. The summed E-state index contributed by atoms with van der Waals surface area (Å²) >= 11 is 0. The third-order valence-electron chi connectivity index (χ3n) is 2.66. The minimum Gasteiger partial charge on any atom is -0.320 e. The first-order chi connectivity index (χ1) is 10.1.